The number of amides is 5. The molecule has 0 aromatic heterocycles. The van der Waals surface area contributed by atoms with Crippen LogP contribution in [0.4, 0.5) is 15.3 Å². The van der Waals surface area contributed by atoms with Gasteiger partial charge in [0.25, 0.3) is 0 Å². The predicted octanol–water partition coefficient (Wildman–Crippen LogP) is 3.15. The summed E-state index contributed by atoms with van der Waals surface area (Å²) in [5, 5.41) is 1.92. The summed E-state index contributed by atoms with van der Waals surface area (Å²) in [6.07, 6.45) is 0.217. The predicted molar refractivity (Wildman–Crippen MR) is 100 cm³/mol. The van der Waals surface area contributed by atoms with Crippen molar-refractivity contribution >= 4 is 24.2 Å². The van der Waals surface area contributed by atoms with Gasteiger partial charge in [-0.3, -0.25) is 15.0 Å². The largest absolute Gasteiger partial charge is 0.493 e. The lowest BCUT2D eigenvalue weighted by atomic mass is 10.1. The van der Waals surface area contributed by atoms with Gasteiger partial charge in [-0.2, -0.15) is 0 Å². The first kappa shape index (κ1) is 19.8. The van der Waals surface area contributed by atoms with Crippen LogP contribution in [0.2, 0.25) is 0 Å². The van der Waals surface area contributed by atoms with E-state index in [1.54, 1.807) is 12.1 Å². The second-order valence-electron chi connectivity index (χ2n) is 5.68. The number of anilines is 1. The molecule has 0 radical (unpaired) electrons. The van der Waals surface area contributed by atoms with E-state index in [0.29, 0.717) is 22.9 Å². The summed E-state index contributed by atoms with van der Waals surface area (Å²) < 4.78 is 11.3. The molecule has 8 nitrogen and oxygen atoms in total. The number of ether oxygens (including phenoxy) is 2. The van der Waals surface area contributed by atoms with E-state index in [2.05, 4.69) is 0 Å². The molecule has 0 unspecified atom stereocenters. The normalized spacial score (nSPS) is 9.93. The van der Waals surface area contributed by atoms with Crippen molar-refractivity contribution in [1.82, 2.24) is 10.2 Å². The Bertz CT molecular complexity index is 839. The van der Waals surface area contributed by atoms with Crippen molar-refractivity contribution < 1.29 is 23.9 Å². The van der Waals surface area contributed by atoms with Crippen molar-refractivity contribution in [2.45, 2.75) is 6.92 Å². The number of hydrogen-bond donors (Lipinski definition) is 1. The van der Waals surface area contributed by atoms with Crippen LogP contribution in [0.3, 0.4) is 0 Å². The number of urea groups is 2. The molecule has 0 saturated carbocycles. The van der Waals surface area contributed by atoms with Crippen molar-refractivity contribution in [2.24, 2.45) is 0 Å². The lowest BCUT2D eigenvalue weighted by molar-refractivity contribution is -0.108. The zero-order valence-corrected chi connectivity index (χ0v) is 15.6. The minimum absolute atomic E-state index is 0.217. The summed E-state index contributed by atoms with van der Waals surface area (Å²) in [7, 11) is 4.29. The van der Waals surface area contributed by atoms with Gasteiger partial charge in [0.15, 0.2) is 11.5 Å². The number of rotatable bonds is 5. The maximum atomic E-state index is 12.4. The summed E-state index contributed by atoms with van der Waals surface area (Å²) in [4.78, 5) is 36.6. The van der Waals surface area contributed by atoms with Crippen LogP contribution in [0.25, 0.3) is 0 Å². The Morgan fingerprint density at radius 1 is 1.11 bits per heavy atom. The fourth-order valence-corrected chi connectivity index (χ4v) is 2.38. The van der Waals surface area contributed by atoms with Gasteiger partial charge in [0.05, 0.1) is 7.11 Å². The van der Waals surface area contributed by atoms with Crippen LogP contribution < -0.4 is 19.7 Å². The zero-order valence-electron chi connectivity index (χ0n) is 15.6. The highest BCUT2D eigenvalue weighted by atomic mass is 16.5. The topological polar surface area (TPSA) is 88.2 Å². The van der Waals surface area contributed by atoms with E-state index in [1.807, 2.05) is 42.6 Å². The lowest BCUT2D eigenvalue weighted by Gasteiger charge is -2.24. The van der Waals surface area contributed by atoms with Gasteiger partial charge in [0.2, 0.25) is 6.41 Å². The molecule has 0 bridgehead atoms. The van der Waals surface area contributed by atoms with Gasteiger partial charge >= 0.3 is 12.1 Å². The Kier molecular flexibility index (Phi) is 6.37. The smallest absolute Gasteiger partial charge is 0.332 e. The molecule has 8 heteroatoms. The quantitative estimate of drug-likeness (QED) is 0.816. The number of carbonyl (C=O) groups excluding carboxylic acids is 3. The van der Waals surface area contributed by atoms with E-state index in [0.717, 1.165) is 10.5 Å². The molecule has 0 spiro atoms. The number of benzene rings is 2. The van der Waals surface area contributed by atoms with Crippen LogP contribution in [0.5, 0.6) is 17.2 Å². The Morgan fingerprint density at radius 2 is 1.78 bits per heavy atom. The number of para-hydroxylation sites is 1. The fraction of sp³-hybridized carbons (Fsp3) is 0.211. The Labute approximate surface area is 157 Å². The van der Waals surface area contributed by atoms with E-state index in [1.165, 1.54) is 26.1 Å². The number of carbonyl (C=O) groups is 3. The molecule has 0 aliphatic heterocycles. The maximum Gasteiger partial charge on any atom is 0.332 e. The summed E-state index contributed by atoms with van der Waals surface area (Å²) in [6, 6.07) is 11.2. The molecule has 5 amide bonds. The van der Waals surface area contributed by atoms with Crippen molar-refractivity contribution in [3.63, 3.8) is 0 Å². The summed E-state index contributed by atoms with van der Waals surface area (Å²) >= 11 is 0. The van der Waals surface area contributed by atoms with Crippen LogP contribution in [-0.4, -0.2) is 44.6 Å². The molecule has 0 aliphatic carbocycles. The fourth-order valence-electron chi connectivity index (χ4n) is 2.38. The molecular formula is C19H21N3O5. The van der Waals surface area contributed by atoms with Crippen LogP contribution in [0.1, 0.15) is 5.56 Å². The Hall–Kier alpha value is -3.55. The molecule has 2 aromatic rings. The second-order valence-corrected chi connectivity index (χ2v) is 5.68. The molecule has 2 aromatic carbocycles. The van der Waals surface area contributed by atoms with Crippen molar-refractivity contribution in [2.75, 3.05) is 26.1 Å². The zero-order chi connectivity index (χ0) is 20.0. The number of nitrogens with zero attached hydrogens (tertiary/aromatic N) is 2. The van der Waals surface area contributed by atoms with Crippen molar-refractivity contribution in [3.05, 3.63) is 48.0 Å². The molecule has 142 valence electrons. The first-order valence-electron chi connectivity index (χ1n) is 8.06. The number of hydrogen-bond acceptors (Lipinski definition) is 5. The van der Waals surface area contributed by atoms with E-state index >= 15 is 0 Å². The summed E-state index contributed by atoms with van der Waals surface area (Å²) in [5.74, 6) is 1.62. The number of nitrogens with one attached hydrogen (secondary N) is 1. The highest BCUT2D eigenvalue weighted by molar-refractivity contribution is 6.03. The van der Waals surface area contributed by atoms with Gasteiger partial charge in [-0.15, -0.1) is 0 Å². The molecule has 0 saturated heterocycles. The minimum Gasteiger partial charge on any atom is -0.493 e. The highest BCUT2D eigenvalue weighted by Crippen LogP contribution is 2.38. The average molecular weight is 371 g/mol. The lowest BCUT2D eigenvalue weighted by Crippen LogP contribution is -2.46. The van der Waals surface area contributed by atoms with Gasteiger partial charge in [0, 0.05) is 25.8 Å². The van der Waals surface area contributed by atoms with Gasteiger partial charge in [0.1, 0.15) is 5.75 Å². The Morgan fingerprint density at radius 3 is 2.37 bits per heavy atom. The van der Waals surface area contributed by atoms with Crippen LogP contribution in [-0.2, 0) is 4.79 Å². The Balaban J connectivity index is 2.30. The summed E-state index contributed by atoms with van der Waals surface area (Å²) in [5.41, 5.74) is 1.24. The first-order chi connectivity index (χ1) is 12.9. The van der Waals surface area contributed by atoms with Crippen molar-refractivity contribution in [1.29, 1.82) is 0 Å². The van der Waals surface area contributed by atoms with Crippen molar-refractivity contribution in [3.8, 4) is 17.2 Å². The first-order valence-corrected chi connectivity index (χ1v) is 8.06. The third-order valence-corrected chi connectivity index (χ3v) is 3.86. The maximum absolute atomic E-state index is 12.4. The molecule has 0 heterocycles. The van der Waals surface area contributed by atoms with Gasteiger partial charge in [-0.25, -0.2) is 14.5 Å². The van der Waals surface area contributed by atoms with Gasteiger partial charge in [-0.1, -0.05) is 18.2 Å². The molecule has 27 heavy (non-hydrogen) atoms. The van der Waals surface area contributed by atoms with E-state index in [9.17, 15) is 14.4 Å². The number of aryl methyl sites for hydroxylation is 1. The average Bonchev–Trinajstić information content (AvgIpc) is 2.68. The van der Waals surface area contributed by atoms with Gasteiger partial charge < -0.3 is 9.47 Å². The van der Waals surface area contributed by atoms with Gasteiger partial charge in [-0.05, 0) is 30.7 Å². The standard InChI is InChI=1S/C19H21N3O5/c1-13-10-14(21(2)19(25)22(3)18(24)20-12-23)11-16(26-4)17(13)27-15-8-6-5-7-9-15/h5-12H,1-4H3,(H,20,23,24). The van der Waals surface area contributed by atoms with Crippen LogP contribution in [0, 0.1) is 6.92 Å². The summed E-state index contributed by atoms with van der Waals surface area (Å²) in [6.45, 7) is 1.82. The van der Waals surface area contributed by atoms with E-state index < -0.39 is 12.1 Å². The molecule has 1 N–H and O–H groups in total. The molecule has 2 rings (SSSR count). The SMILES string of the molecule is COc1cc(N(C)C(=O)N(C)C(=O)NC=O)cc(C)c1Oc1ccccc1. The minimum atomic E-state index is -0.824. The van der Waals surface area contributed by atoms with Crippen LogP contribution >= 0.6 is 0 Å². The van der Waals surface area contributed by atoms with E-state index in [-0.39, 0.29) is 6.41 Å². The monoisotopic (exact) mass is 371 g/mol. The third-order valence-electron chi connectivity index (χ3n) is 3.86. The molecule has 0 atom stereocenters. The molecular weight excluding hydrogens is 350 g/mol. The number of imide groups is 2. The number of methoxy groups -OCH3 is 1. The van der Waals surface area contributed by atoms with Crippen LogP contribution in [0.15, 0.2) is 42.5 Å². The third kappa shape index (κ3) is 4.55. The van der Waals surface area contributed by atoms with E-state index in [4.69, 9.17) is 9.47 Å². The molecule has 0 fully saturated rings. The highest BCUT2D eigenvalue weighted by Gasteiger charge is 2.23. The molecule has 0 aliphatic rings. The second kappa shape index (κ2) is 8.70.